The van der Waals surface area contributed by atoms with E-state index >= 15 is 0 Å². The van der Waals surface area contributed by atoms with Gasteiger partial charge in [0.2, 0.25) is 5.82 Å². The zero-order valence-electron chi connectivity index (χ0n) is 19.5. The number of carbonyl (C=O) groups is 2. The number of ether oxygens (including phenoxy) is 1. The minimum Gasteiger partial charge on any atom is -0.377 e. The standard InChI is InChI=1S/C24H26F3N5O4/c25-24(26,27)22-29-20(30-36-22)13-5-6-14-10-31(21(33)17(14)9-13)19-4-2-1-3-18(19)28-23(34)32-15-7-8-16(32)12-35-11-15/h5-6,9,15-16,18-19H,1-4,7-8,10-12H2,(H,28,34)/t15?,16?,18?,19-/m1/s1. The second kappa shape index (κ2) is 8.75. The Bertz CT molecular complexity index is 1170. The predicted octanol–water partition coefficient (Wildman–Crippen LogP) is 3.60. The first-order valence-corrected chi connectivity index (χ1v) is 12.3. The van der Waals surface area contributed by atoms with Crippen LogP contribution >= 0.6 is 0 Å². The maximum Gasteiger partial charge on any atom is 0.471 e. The average molecular weight is 505 g/mol. The van der Waals surface area contributed by atoms with Crippen molar-refractivity contribution < 1.29 is 32.0 Å². The summed E-state index contributed by atoms with van der Waals surface area (Å²) >= 11 is 0. The third-order valence-corrected chi connectivity index (χ3v) is 7.78. The summed E-state index contributed by atoms with van der Waals surface area (Å²) in [6.07, 6.45) is 0.621. The monoisotopic (exact) mass is 505 g/mol. The first kappa shape index (κ1) is 23.3. The van der Waals surface area contributed by atoms with Gasteiger partial charge in [0.05, 0.1) is 37.4 Å². The molecule has 3 fully saturated rings. The number of carbonyl (C=O) groups excluding carboxylic acids is 2. The normalized spacial score (nSPS) is 27.9. The maximum atomic E-state index is 13.4. The quantitative estimate of drug-likeness (QED) is 0.684. The van der Waals surface area contributed by atoms with Crippen LogP contribution in [0, 0.1) is 0 Å². The van der Waals surface area contributed by atoms with Gasteiger partial charge in [0.25, 0.3) is 5.91 Å². The minimum atomic E-state index is -4.74. The van der Waals surface area contributed by atoms with E-state index in [0.717, 1.165) is 44.1 Å². The second-order valence-corrected chi connectivity index (χ2v) is 9.96. The summed E-state index contributed by atoms with van der Waals surface area (Å²) in [4.78, 5) is 33.8. The molecule has 1 aromatic heterocycles. The topological polar surface area (TPSA) is 101 Å². The fraction of sp³-hybridized carbons (Fsp3) is 0.583. The number of rotatable bonds is 3. The van der Waals surface area contributed by atoms with E-state index in [0.29, 0.717) is 25.3 Å². The highest BCUT2D eigenvalue weighted by Gasteiger charge is 2.44. The van der Waals surface area contributed by atoms with E-state index in [2.05, 4.69) is 20.0 Å². The van der Waals surface area contributed by atoms with Gasteiger partial charge in [-0.1, -0.05) is 30.1 Å². The van der Waals surface area contributed by atoms with Crippen LogP contribution < -0.4 is 5.32 Å². The molecule has 12 heteroatoms. The van der Waals surface area contributed by atoms with E-state index in [1.807, 2.05) is 4.90 Å². The molecule has 2 bridgehead atoms. The van der Waals surface area contributed by atoms with Gasteiger partial charge in [-0.2, -0.15) is 18.2 Å². The third kappa shape index (κ3) is 4.00. The van der Waals surface area contributed by atoms with Crippen LogP contribution in [0.1, 0.15) is 60.3 Å². The molecule has 9 nitrogen and oxygen atoms in total. The number of benzene rings is 1. The van der Waals surface area contributed by atoms with Crippen LogP contribution in [-0.4, -0.2) is 69.3 Å². The molecule has 3 aliphatic heterocycles. The van der Waals surface area contributed by atoms with Gasteiger partial charge in [-0.3, -0.25) is 4.79 Å². The number of alkyl halides is 3. The predicted molar refractivity (Wildman–Crippen MR) is 119 cm³/mol. The van der Waals surface area contributed by atoms with Gasteiger partial charge in [0, 0.05) is 17.7 Å². The molecule has 1 N–H and O–H groups in total. The molecule has 4 heterocycles. The smallest absolute Gasteiger partial charge is 0.377 e. The number of hydrogen-bond acceptors (Lipinski definition) is 6. The van der Waals surface area contributed by atoms with Crippen molar-refractivity contribution in [2.75, 3.05) is 13.2 Å². The zero-order valence-corrected chi connectivity index (χ0v) is 19.5. The second-order valence-electron chi connectivity index (χ2n) is 9.96. The fourth-order valence-corrected chi connectivity index (χ4v) is 6.03. The zero-order chi connectivity index (χ0) is 25.0. The van der Waals surface area contributed by atoms with E-state index in [9.17, 15) is 22.8 Å². The Morgan fingerprint density at radius 2 is 1.83 bits per heavy atom. The van der Waals surface area contributed by atoms with Crippen molar-refractivity contribution in [3.63, 3.8) is 0 Å². The number of nitrogens with zero attached hydrogens (tertiary/aromatic N) is 4. The Morgan fingerprint density at radius 1 is 1.08 bits per heavy atom. The molecule has 1 saturated carbocycles. The Kier molecular flexibility index (Phi) is 5.66. The summed E-state index contributed by atoms with van der Waals surface area (Å²) < 4.78 is 48.5. The molecule has 1 aliphatic carbocycles. The summed E-state index contributed by atoms with van der Waals surface area (Å²) in [6.45, 7) is 1.50. The lowest BCUT2D eigenvalue weighted by molar-refractivity contribution is -0.159. The number of halogens is 3. The Balaban J connectivity index is 1.19. The minimum absolute atomic E-state index is 0.0910. The molecule has 36 heavy (non-hydrogen) atoms. The molecule has 1 aromatic carbocycles. The van der Waals surface area contributed by atoms with E-state index in [1.165, 1.54) is 6.07 Å². The highest BCUT2D eigenvalue weighted by atomic mass is 19.4. The lowest BCUT2D eigenvalue weighted by Gasteiger charge is -2.41. The first-order chi connectivity index (χ1) is 17.3. The molecule has 3 amide bonds. The third-order valence-electron chi connectivity index (χ3n) is 7.78. The maximum absolute atomic E-state index is 13.4. The highest BCUT2D eigenvalue weighted by Crippen LogP contribution is 2.35. The van der Waals surface area contributed by atoms with Crippen molar-refractivity contribution in [3.8, 4) is 11.4 Å². The molecule has 4 aliphatic rings. The van der Waals surface area contributed by atoms with Crippen LogP contribution in [0.4, 0.5) is 18.0 Å². The van der Waals surface area contributed by atoms with Gasteiger partial charge in [0.1, 0.15) is 0 Å². The lowest BCUT2D eigenvalue weighted by atomic mass is 9.89. The molecule has 0 radical (unpaired) electrons. The summed E-state index contributed by atoms with van der Waals surface area (Å²) in [7, 11) is 0. The van der Waals surface area contributed by atoms with Crippen molar-refractivity contribution in [3.05, 3.63) is 35.2 Å². The molecule has 6 rings (SSSR count). The van der Waals surface area contributed by atoms with Crippen LogP contribution in [0.25, 0.3) is 11.4 Å². The number of nitrogens with one attached hydrogen (secondary N) is 1. The summed E-state index contributed by atoms with van der Waals surface area (Å²) in [6, 6.07) is 4.61. The van der Waals surface area contributed by atoms with E-state index in [4.69, 9.17) is 4.74 Å². The van der Waals surface area contributed by atoms with Crippen molar-refractivity contribution in [2.45, 2.75) is 75.4 Å². The van der Waals surface area contributed by atoms with Gasteiger partial charge >= 0.3 is 18.1 Å². The van der Waals surface area contributed by atoms with Gasteiger partial charge < -0.3 is 24.4 Å². The van der Waals surface area contributed by atoms with Crippen LogP contribution in [0.5, 0.6) is 0 Å². The largest absolute Gasteiger partial charge is 0.471 e. The number of urea groups is 1. The van der Waals surface area contributed by atoms with Gasteiger partial charge in [-0.05, 0) is 37.3 Å². The number of morpholine rings is 1. The molecular formula is C24H26F3N5O4. The first-order valence-electron chi connectivity index (χ1n) is 12.3. The molecule has 0 spiro atoms. The number of amides is 3. The number of hydrogen-bond donors (Lipinski definition) is 1. The fourth-order valence-electron chi connectivity index (χ4n) is 6.03. The van der Waals surface area contributed by atoms with Crippen molar-refractivity contribution in [1.82, 2.24) is 25.3 Å². The average Bonchev–Trinajstić information content (AvgIpc) is 3.54. The molecule has 4 atom stereocenters. The SMILES string of the molecule is O=C(NC1CCCC[C@H]1N1Cc2ccc(-c3noc(C(F)(F)F)n3)cc2C1=O)N1C2CCC1COC2. The highest BCUT2D eigenvalue weighted by molar-refractivity contribution is 5.99. The molecule has 2 aromatic rings. The Morgan fingerprint density at radius 3 is 2.56 bits per heavy atom. The summed E-state index contributed by atoms with van der Waals surface area (Å²) in [5.74, 6) is -1.86. The van der Waals surface area contributed by atoms with Crippen LogP contribution in [-0.2, 0) is 17.5 Å². The summed E-state index contributed by atoms with van der Waals surface area (Å²) in [5, 5.41) is 6.64. The number of aromatic nitrogens is 2. The molecular weight excluding hydrogens is 479 g/mol. The Hall–Kier alpha value is -3.15. The van der Waals surface area contributed by atoms with Gasteiger partial charge in [-0.25, -0.2) is 4.79 Å². The Labute approximate surface area is 204 Å². The van der Waals surface area contributed by atoms with Crippen LogP contribution in [0.3, 0.4) is 0 Å². The van der Waals surface area contributed by atoms with E-state index < -0.39 is 12.1 Å². The molecule has 3 unspecified atom stereocenters. The summed E-state index contributed by atoms with van der Waals surface area (Å²) in [5.41, 5.74) is 1.47. The number of fused-ring (bicyclic) bond motifs is 3. The van der Waals surface area contributed by atoms with E-state index in [-0.39, 0.29) is 47.5 Å². The lowest BCUT2D eigenvalue weighted by Crippen LogP contribution is -2.59. The van der Waals surface area contributed by atoms with Crippen LogP contribution in [0.2, 0.25) is 0 Å². The van der Waals surface area contributed by atoms with E-state index in [1.54, 1.807) is 17.0 Å². The van der Waals surface area contributed by atoms with Gasteiger partial charge in [-0.15, -0.1) is 0 Å². The molecule has 2 saturated heterocycles. The molecule has 192 valence electrons. The van der Waals surface area contributed by atoms with Gasteiger partial charge in [0.15, 0.2) is 0 Å². The van der Waals surface area contributed by atoms with Crippen molar-refractivity contribution in [1.29, 1.82) is 0 Å². The van der Waals surface area contributed by atoms with Crippen molar-refractivity contribution in [2.24, 2.45) is 0 Å². The van der Waals surface area contributed by atoms with Crippen molar-refractivity contribution >= 4 is 11.9 Å². The van der Waals surface area contributed by atoms with Crippen LogP contribution in [0.15, 0.2) is 22.7 Å².